The lowest BCUT2D eigenvalue weighted by molar-refractivity contribution is -0.137. The Kier molecular flexibility index (Phi) is 7.21. The Morgan fingerprint density at radius 3 is 2.22 bits per heavy atom. The van der Waals surface area contributed by atoms with Gasteiger partial charge in [-0.05, 0) is 57.0 Å². The van der Waals surface area contributed by atoms with Crippen LogP contribution in [0.4, 0.5) is 18.9 Å². The molecule has 0 atom stereocenters. The monoisotopic (exact) mass is 488 g/mol. The number of nitrogens with zero attached hydrogens (tertiary/aromatic N) is 2. The van der Waals surface area contributed by atoms with E-state index in [-0.39, 0.29) is 43.8 Å². The molecule has 0 aliphatic carbocycles. The molecule has 1 amide bonds. The molecule has 174 valence electrons. The summed E-state index contributed by atoms with van der Waals surface area (Å²) in [6, 6.07) is 11.7. The highest BCUT2D eigenvalue weighted by Crippen LogP contribution is 2.37. The van der Waals surface area contributed by atoms with Crippen LogP contribution in [0.3, 0.4) is 0 Å². The highest BCUT2D eigenvalue weighted by atomic mass is 35.5. The van der Waals surface area contributed by atoms with Crippen LogP contribution in [0.5, 0.6) is 0 Å². The molecule has 1 aliphatic heterocycles. The maximum absolute atomic E-state index is 13.2. The minimum Gasteiger partial charge on any atom is -0.310 e. The molecule has 1 heterocycles. The summed E-state index contributed by atoms with van der Waals surface area (Å²) in [7, 11) is -4.15. The molecule has 0 unspecified atom stereocenters. The predicted octanol–water partition coefficient (Wildman–Crippen LogP) is 5.20. The molecule has 2 aromatic carbocycles. The second kappa shape index (κ2) is 9.41. The van der Waals surface area contributed by atoms with E-state index in [0.29, 0.717) is 6.07 Å². The highest BCUT2D eigenvalue weighted by Gasteiger charge is 2.38. The van der Waals surface area contributed by atoms with E-state index in [0.717, 1.165) is 22.1 Å². The number of hydrogen-bond donors (Lipinski definition) is 0. The summed E-state index contributed by atoms with van der Waals surface area (Å²) in [4.78, 5) is 14.4. The van der Waals surface area contributed by atoms with Crippen LogP contribution in [-0.4, -0.2) is 37.8 Å². The van der Waals surface area contributed by atoms with Gasteiger partial charge in [0.05, 0.1) is 15.5 Å². The molecule has 32 heavy (non-hydrogen) atoms. The summed E-state index contributed by atoms with van der Waals surface area (Å²) in [5, 5.41) is -0.560. The summed E-state index contributed by atoms with van der Waals surface area (Å²) < 4.78 is 66.4. The molecule has 3 rings (SSSR count). The lowest BCUT2D eigenvalue weighted by Crippen LogP contribution is -2.46. The first-order chi connectivity index (χ1) is 14.9. The van der Waals surface area contributed by atoms with Crippen molar-refractivity contribution in [2.45, 2.75) is 43.8 Å². The fourth-order valence-electron chi connectivity index (χ4n) is 3.84. The van der Waals surface area contributed by atoms with Crippen LogP contribution in [0.25, 0.3) is 0 Å². The molecule has 0 spiro atoms. The Bertz CT molecular complexity index is 1070. The lowest BCUT2D eigenvalue weighted by Gasteiger charge is -2.35. The van der Waals surface area contributed by atoms with Gasteiger partial charge in [-0.3, -0.25) is 4.79 Å². The smallest absolute Gasteiger partial charge is 0.310 e. The van der Waals surface area contributed by atoms with Crippen LogP contribution in [0.2, 0.25) is 5.02 Å². The fourth-order valence-corrected chi connectivity index (χ4v) is 5.56. The van der Waals surface area contributed by atoms with E-state index >= 15 is 0 Å². The van der Waals surface area contributed by atoms with Crippen LogP contribution in [0.15, 0.2) is 53.4 Å². The third-order valence-electron chi connectivity index (χ3n) is 5.47. The number of sulfonamides is 1. The molecule has 0 aromatic heterocycles. The van der Waals surface area contributed by atoms with Crippen molar-refractivity contribution in [1.29, 1.82) is 0 Å². The number of rotatable bonds is 5. The van der Waals surface area contributed by atoms with Crippen LogP contribution in [0.1, 0.15) is 32.3 Å². The summed E-state index contributed by atoms with van der Waals surface area (Å²) in [6.45, 7) is 3.90. The fraction of sp³-hybridized carbons (Fsp3) is 0.409. The number of hydrogen-bond acceptors (Lipinski definition) is 3. The third kappa shape index (κ3) is 5.10. The Morgan fingerprint density at radius 2 is 1.69 bits per heavy atom. The number of halogens is 4. The Hall–Kier alpha value is -2.10. The number of piperidine rings is 1. The van der Waals surface area contributed by atoms with Crippen molar-refractivity contribution in [3.63, 3.8) is 0 Å². The Labute approximate surface area is 190 Å². The summed E-state index contributed by atoms with van der Waals surface area (Å²) in [5.74, 6) is -0.464. The standard InChI is InChI=1S/C22H24ClF3N2O3S/c1-15(2)28(17-6-4-3-5-7-17)21(29)16-10-12-27(13-11-16)32(30,31)18-8-9-20(23)19(14-18)22(24,25)26/h3-9,14-16H,10-13H2,1-2H3. The molecular weight excluding hydrogens is 465 g/mol. The van der Waals surface area contributed by atoms with Gasteiger partial charge in [-0.15, -0.1) is 0 Å². The van der Waals surface area contributed by atoms with E-state index in [9.17, 15) is 26.4 Å². The van der Waals surface area contributed by atoms with E-state index in [1.165, 1.54) is 0 Å². The SMILES string of the molecule is CC(C)N(C(=O)C1CCN(S(=O)(=O)c2ccc(Cl)c(C(F)(F)F)c2)CC1)c1ccccc1. The van der Waals surface area contributed by atoms with Gasteiger partial charge in [0, 0.05) is 30.7 Å². The van der Waals surface area contributed by atoms with Crippen molar-refractivity contribution in [2.24, 2.45) is 5.92 Å². The van der Waals surface area contributed by atoms with Crippen molar-refractivity contribution in [1.82, 2.24) is 4.31 Å². The Balaban J connectivity index is 1.76. The zero-order chi connectivity index (χ0) is 23.7. The molecular formula is C22H24ClF3N2O3S. The van der Waals surface area contributed by atoms with Crippen molar-refractivity contribution in [2.75, 3.05) is 18.0 Å². The minimum absolute atomic E-state index is 0.0451. The zero-order valence-corrected chi connectivity index (χ0v) is 19.2. The molecule has 10 heteroatoms. The number of anilines is 1. The Morgan fingerprint density at radius 1 is 1.09 bits per heavy atom. The topological polar surface area (TPSA) is 57.7 Å². The maximum atomic E-state index is 13.2. The van der Waals surface area contributed by atoms with E-state index in [2.05, 4.69) is 0 Å². The van der Waals surface area contributed by atoms with E-state index in [1.807, 2.05) is 44.2 Å². The van der Waals surface area contributed by atoms with Crippen LogP contribution < -0.4 is 4.90 Å². The van der Waals surface area contributed by atoms with Crippen LogP contribution >= 0.6 is 11.6 Å². The van der Waals surface area contributed by atoms with Crippen LogP contribution in [-0.2, 0) is 21.0 Å². The van der Waals surface area contributed by atoms with Gasteiger partial charge in [-0.2, -0.15) is 17.5 Å². The minimum atomic E-state index is -4.76. The molecule has 5 nitrogen and oxygen atoms in total. The second-order valence-corrected chi connectivity index (χ2v) is 10.3. The first kappa shape index (κ1) is 24.5. The second-order valence-electron chi connectivity index (χ2n) is 7.96. The van der Waals surface area contributed by atoms with Gasteiger partial charge in [0.1, 0.15) is 0 Å². The predicted molar refractivity (Wildman–Crippen MR) is 117 cm³/mol. The normalized spacial score (nSPS) is 16.3. The number of alkyl halides is 3. The van der Waals surface area contributed by atoms with Gasteiger partial charge in [0.25, 0.3) is 0 Å². The van der Waals surface area contributed by atoms with E-state index in [4.69, 9.17) is 11.6 Å². The van der Waals surface area contributed by atoms with Gasteiger partial charge >= 0.3 is 6.18 Å². The van der Waals surface area contributed by atoms with Gasteiger partial charge in [0.2, 0.25) is 15.9 Å². The van der Waals surface area contributed by atoms with Gasteiger partial charge in [-0.25, -0.2) is 8.42 Å². The maximum Gasteiger partial charge on any atom is 0.417 e. The molecule has 0 saturated carbocycles. The number of carbonyl (C=O) groups excluding carboxylic acids is 1. The number of amides is 1. The number of carbonyl (C=O) groups is 1. The zero-order valence-electron chi connectivity index (χ0n) is 17.6. The number of benzene rings is 2. The van der Waals surface area contributed by atoms with Gasteiger partial charge < -0.3 is 4.90 Å². The molecule has 0 bridgehead atoms. The quantitative estimate of drug-likeness (QED) is 0.581. The summed E-state index contributed by atoms with van der Waals surface area (Å²) >= 11 is 5.61. The molecule has 1 aliphatic rings. The molecule has 0 radical (unpaired) electrons. The summed E-state index contributed by atoms with van der Waals surface area (Å²) in [6.07, 6.45) is -4.19. The van der Waals surface area contributed by atoms with Crippen molar-refractivity contribution >= 4 is 33.2 Å². The average Bonchev–Trinajstić information content (AvgIpc) is 2.73. The lowest BCUT2D eigenvalue weighted by atomic mass is 9.95. The van der Waals surface area contributed by atoms with Crippen molar-refractivity contribution in [3.05, 3.63) is 59.1 Å². The first-order valence-electron chi connectivity index (χ1n) is 10.2. The molecule has 2 aromatic rings. The van der Waals surface area contributed by atoms with Crippen molar-refractivity contribution < 1.29 is 26.4 Å². The van der Waals surface area contributed by atoms with Crippen molar-refractivity contribution in [3.8, 4) is 0 Å². The van der Waals surface area contributed by atoms with Gasteiger partial charge in [-0.1, -0.05) is 29.8 Å². The summed E-state index contributed by atoms with van der Waals surface area (Å²) in [5.41, 5.74) is -0.427. The molecule has 0 N–H and O–H groups in total. The average molecular weight is 489 g/mol. The number of para-hydroxylation sites is 1. The van der Waals surface area contributed by atoms with E-state index < -0.39 is 31.7 Å². The van der Waals surface area contributed by atoms with Crippen LogP contribution in [0, 0.1) is 5.92 Å². The highest BCUT2D eigenvalue weighted by molar-refractivity contribution is 7.89. The molecule has 1 saturated heterocycles. The first-order valence-corrected chi connectivity index (χ1v) is 12.0. The van der Waals surface area contributed by atoms with Gasteiger partial charge in [0.15, 0.2) is 0 Å². The van der Waals surface area contributed by atoms with E-state index in [1.54, 1.807) is 4.90 Å². The third-order valence-corrected chi connectivity index (χ3v) is 7.70. The largest absolute Gasteiger partial charge is 0.417 e. The molecule has 1 fully saturated rings.